The Balaban J connectivity index is 1.79. The average Bonchev–Trinajstić information content (AvgIpc) is 2.68. The molecular weight excluding hydrogens is 230 g/mol. The molecule has 0 unspecified atom stereocenters. The Bertz CT molecular complexity index is 587. The van der Waals surface area contributed by atoms with Crippen molar-refractivity contribution in [3.63, 3.8) is 0 Å². The van der Waals surface area contributed by atoms with Gasteiger partial charge >= 0.3 is 5.97 Å². The Kier molecular flexibility index (Phi) is 2.76. The van der Waals surface area contributed by atoms with Gasteiger partial charge in [-0.3, -0.25) is 0 Å². The van der Waals surface area contributed by atoms with Crippen LogP contribution in [0, 0.1) is 0 Å². The van der Waals surface area contributed by atoms with Crippen LogP contribution in [0.2, 0.25) is 0 Å². The van der Waals surface area contributed by atoms with Crippen molar-refractivity contribution in [2.75, 3.05) is 0 Å². The number of fused-ring (bicyclic) bond motifs is 1. The molecule has 0 radical (unpaired) electrons. The largest absolute Gasteiger partial charge is 0.478 e. The Morgan fingerprint density at radius 3 is 3.06 bits per heavy atom. The van der Waals surface area contributed by atoms with Crippen molar-refractivity contribution >= 4 is 11.6 Å². The van der Waals surface area contributed by atoms with Crippen LogP contribution in [-0.2, 0) is 6.54 Å². The van der Waals surface area contributed by atoms with E-state index in [0.29, 0.717) is 11.7 Å². The van der Waals surface area contributed by atoms with Crippen molar-refractivity contribution in [3.8, 4) is 0 Å². The number of nitrogens with zero attached hydrogens (tertiary/aromatic N) is 2. The summed E-state index contributed by atoms with van der Waals surface area (Å²) in [5.74, 6) is -0.922. The van der Waals surface area contributed by atoms with Crippen molar-refractivity contribution in [2.24, 2.45) is 0 Å². The molecule has 3 rings (SSSR count). The van der Waals surface area contributed by atoms with Crippen LogP contribution < -0.4 is 5.32 Å². The first kappa shape index (κ1) is 11.2. The summed E-state index contributed by atoms with van der Waals surface area (Å²) in [6, 6.07) is 3.80. The highest BCUT2D eigenvalue weighted by Gasteiger charge is 2.16. The summed E-state index contributed by atoms with van der Waals surface area (Å²) < 4.78 is 1.85. The molecule has 2 aromatic rings. The number of carboxylic acids is 1. The predicted molar refractivity (Wildman–Crippen MR) is 66.6 cm³/mol. The molecule has 18 heavy (non-hydrogen) atoms. The van der Waals surface area contributed by atoms with E-state index >= 15 is 0 Å². The molecule has 0 saturated heterocycles. The Labute approximate surface area is 104 Å². The van der Waals surface area contributed by atoms with Gasteiger partial charge in [0.15, 0.2) is 0 Å². The maximum absolute atomic E-state index is 10.9. The third-order valence-electron chi connectivity index (χ3n) is 3.43. The first-order valence-corrected chi connectivity index (χ1v) is 6.17. The molecule has 1 aliphatic carbocycles. The Hall–Kier alpha value is -1.88. The lowest BCUT2D eigenvalue weighted by Crippen LogP contribution is -2.34. The van der Waals surface area contributed by atoms with E-state index in [1.165, 1.54) is 19.3 Å². The van der Waals surface area contributed by atoms with E-state index in [1.54, 1.807) is 18.3 Å². The molecule has 2 aromatic heterocycles. The normalized spacial score (nSPS) is 15.8. The Morgan fingerprint density at radius 2 is 2.39 bits per heavy atom. The molecule has 1 saturated carbocycles. The molecule has 0 aliphatic heterocycles. The van der Waals surface area contributed by atoms with Gasteiger partial charge in [0.2, 0.25) is 0 Å². The van der Waals surface area contributed by atoms with Crippen LogP contribution in [0.3, 0.4) is 0 Å². The van der Waals surface area contributed by atoms with Crippen LogP contribution >= 0.6 is 0 Å². The zero-order valence-corrected chi connectivity index (χ0v) is 9.97. The third kappa shape index (κ3) is 2.09. The maximum Gasteiger partial charge on any atom is 0.335 e. The minimum Gasteiger partial charge on any atom is -0.478 e. The molecule has 0 atom stereocenters. The number of carboxylic acid groups (broad SMARTS) is 1. The van der Waals surface area contributed by atoms with Gasteiger partial charge in [-0.25, -0.2) is 9.78 Å². The van der Waals surface area contributed by atoms with Crippen LogP contribution in [0.25, 0.3) is 5.65 Å². The molecule has 94 valence electrons. The summed E-state index contributed by atoms with van der Waals surface area (Å²) in [5, 5.41) is 12.4. The van der Waals surface area contributed by atoms with Crippen LogP contribution in [-0.4, -0.2) is 26.5 Å². The second-order valence-corrected chi connectivity index (χ2v) is 4.73. The molecule has 2 N–H and O–H groups in total. The van der Waals surface area contributed by atoms with Gasteiger partial charge in [-0.2, -0.15) is 0 Å². The van der Waals surface area contributed by atoms with Crippen LogP contribution in [0.15, 0.2) is 24.5 Å². The van der Waals surface area contributed by atoms with Gasteiger partial charge in [-0.15, -0.1) is 0 Å². The van der Waals surface area contributed by atoms with Gasteiger partial charge in [-0.1, -0.05) is 6.42 Å². The lowest BCUT2D eigenvalue weighted by Gasteiger charge is -2.26. The third-order valence-corrected chi connectivity index (χ3v) is 3.43. The molecule has 5 heteroatoms. The van der Waals surface area contributed by atoms with E-state index in [9.17, 15) is 4.79 Å². The van der Waals surface area contributed by atoms with Gasteiger partial charge in [0.05, 0.1) is 11.3 Å². The highest BCUT2D eigenvalue weighted by molar-refractivity contribution is 5.88. The van der Waals surface area contributed by atoms with Crippen molar-refractivity contribution in [1.82, 2.24) is 14.7 Å². The minimum atomic E-state index is -0.922. The smallest absolute Gasteiger partial charge is 0.335 e. The number of carbonyl (C=O) groups is 1. The summed E-state index contributed by atoms with van der Waals surface area (Å²) in [5.41, 5.74) is 1.90. The molecule has 1 aliphatic rings. The van der Waals surface area contributed by atoms with E-state index in [2.05, 4.69) is 10.3 Å². The second-order valence-electron chi connectivity index (χ2n) is 4.73. The zero-order valence-electron chi connectivity index (χ0n) is 9.97. The van der Waals surface area contributed by atoms with E-state index < -0.39 is 5.97 Å². The molecule has 0 spiro atoms. The quantitative estimate of drug-likeness (QED) is 0.860. The second kappa shape index (κ2) is 4.42. The number of nitrogens with one attached hydrogen (secondary N) is 1. The van der Waals surface area contributed by atoms with Crippen LogP contribution in [0.1, 0.15) is 35.3 Å². The Morgan fingerprint density at radius 1 is 1.56 bits per heavy atom. The van der Waals surface area contributed by atoms with Crippen molar-refractivity contribution in [3.05, 3.63) is 35.8 Å². The van der Waals surface area contributed by atoms with Crippen molar-refractivity contribution < 1.29 is 9.90 Å². The summed E-state index contributed by atoms with van der Waals surface area (Å²) in [6.07, 6.45) is 7.48. The van der Waals surface area contributed by atoms with E-state index in [-0.39, 0.29) is 5.56 Å². The summed E-state index contributed by atoms with van der Waals surface area (Å²) in [6.45, 7) is 0.745. The minimum absolute atomic E-state index is 0.270. The van der Waals surface area contributed by atoms with Crippen LogP contribution in [0.4, 0.5) is 0 Å². The maximum atomic E-state index is 10.9. The lowest BCUT2D eigenvalue weighted by molar-refractivity contribution is 0.0697. The molecule has 0 aromatic carbocycles. The number of imidazole rings is 1. The fourth-order valence-corrected chi connectivity index (χ4v) is 2.11. The van der Waals surface area contributed by atoms with Crippen molar-refractivity contribution in [1.29, 1.82) is 0 Å². The molecule has 0 bridgehead atoms. The number of aromatic nitrogens is 2. The molecular formula is C13H15N3O2. The number of rotatable bonds is 4. The summed E-state index contributed by atoms with van der Waals surface area (Å²) in [7, 11) is 0. The summed E-state index contributed by atoms with van der Waals surface area (Å²) in [4.78, 5) is 15.3. The van der Waals surface area contributed by atoms with Gasteiger partial charge in [-0.05, 0) is 25.0 Å². The number of hydrogen-bond donors (Lipinski definition) is 2. The van der Waals surface area contributed by atoms with Gasteiger partial charge in [0, 0.05) is 25.0 Å². The van der Waals surface area contributed by atoms with Crippen molar-refractivity contribution in [2.45, 2.75) is 31.8 Å². The van der Waals surface area contributed by atoms with E-state index in [0.717, 1.165) is 12.2 Å². The first-order valence-electron chi connectivity index (χ1n) is 6.17. The molecule has 5 nitrogen and oxygen atoms in total. The van der Waals surface area contributed by atoms with Gasteiger partial charge in [0.1, 0.15) is 5.65 Å². The van der Waals surface area contributed by atoms with Gasteiger partial charge in [0.25, 0.3) is 0 Å². The number of pyridine rings is 1. The first-order chi connectivity index (χ1) is 8.72. The van der Waals surface area contributed by atoms with Crippen LogP contribution in [0.5, 0.6) is 0 Å². The molecule has 2 heterocycles. The number of hydrogen-bond acceptors (Lipinski definition) is 3. The monoisotopic (exact) mass is 245 g/mol. The van der Waals surface area contributed by atoms with E-state index in [1.807, 2.05) is 10.6 Å². The SMILES string of the molecule is O=C(O)c1ccn2cc(CNC3CCC3)nc2c1. The highest BCUT2D eigenvalue weighted by Crippen LogP contribution is 2.18. The molecule has 0 amide bonds. The topological polar surface area (TPSA) is 66.6 Å². The molecule has 1 fully saturated rings. The zero-order chi connectivity index (χ0) is 12.5. The fraction of sp³-hybridized carbons (Fsp3) is 0.385. The number of aromatic carboxylic acids is 1. The lowest BCUT2D eigenvalue weighted by atomic mass is 9.93. The fourth-order valence-electron chi connectivity index (χ4n) is 2.11. The van der Waals surface area contributed by atoms with E-state index in [4.69, 9.17) is 5.11 Å². The predicted octanol–water partition coefficient (Wildman–Crippen LogP) is 1.67. The standard InChI is InChI=1S/C13H15N3O2/c17-13(18)9-4-5-16-8-11(15-12(16)6-9)7-14-10-2-1-3-10/h4-6,8,10,14H,1-3,7H2,(H,17,18). The average molecular weight is 245 g/mol. The highest BCUT2D eigenvalue weighted by atomic mass is 16.4. The summed E-state index contributed by atoms with van der Waals surface area (Å²) >= 11 is 0. The van der Waals surface area contributed by atoms with Gasteiger partial charge < -0.3 is 14.8 Å².